The minimum absolute atomic E-state index is 0.685. The molecule has 3 aromatic heterocycles. The first-order chi connectivity index (χ1) is 9.35. The highest BCUT2D eigenvalue weighted by atomic mass is 16.5. The molecule has 0 atom stereocenters. The molecule has 0 unspecified atom stereocenters. The Labute approximate surface area is 110 Å². The predicted octanol–water partition coefficient (Wildman–Crippen LogP) is 2.49. The molecule has 0 saturated heterocycles. The van der Waals surface area contributed by atoms with E-state index in [0.717, 1.165) is 16.9 Å². The van der Waals surface area contributed by atoms with Crippen LogP contribution in [-0.2, 0) is 0 Å². The van der Waals surface area contributed by atoms with Gasteiger partial charge in [-0.05, 0) is 18.2 Å². The van der Waals surface area contributed by atoms with Gasteiger partial charge < -0.3 is 4.74 Å². The van der Waals surface area contributed by atoms with E-state index in [2.05, 4.69) is 15.1 Å². The Bertz CT molecular complexity index is 700. The van der Waals surface area contributed by atoms with E-state index < -0.39 is 0 Å². The number of ether oxygens (including phenoxy) is 1. The summed E-state index contributed by atoms with van der Waals surface area (Å²) in [6.45, 7) is 0. The molecular weight excluding hydrogens is 240 g/mol. The zero-order valence-corrected chi connectivity index (χ0v) is 10.4. The lowest BCUT2D eigenvalue weighted by Gasteiger charge is -1.98. The zero-order chi connectivity index (χ0) is 13.1. The van der Waals surface area contributed by atoms with Gasteiger partial charge in [-0.1, -0.05) is 6.07 Å². The Morgan fingerprint density at radius 2 is 2.21 bits per heavy atom. The molecule has 5 heteroatoms. The lowest BCUT2D eigenvalue weighted by atomic mass is 10.3. The summed E-state index contributed by atoms with van der Waals surface area (Å²) in [4.78, 5) is 8.38. The van der Waals surface area contributed by atoms with Gasteiger partial charge in [0.05, 0.1) is 36.9 Å². The molecule has 0 radical (unpaired) electrons. The summed E-state index contributed by atoms with van der Waals surface area (Å²) in [5.74, 6) is 0.685. The molecule has 0 spiro atoms. The topological polar surface area (TPSA) is 51.8 Å². The van der Waals surface area contributed by atoms with E-state index in [1.807, 2.05) is 41.0 Å². The average molecular weight is 252 g/mol. The lowest BCUT2D eigenvalue weighted by molar-refractivity contribution is 0.413. The maximum absolute atomic E-state index is 5.10. The van der Waals surface area contributed by atoms with Crippen molar-refractivity contribution in [2.75, 3.05) is 7.11 Å². The van der Waals surface area contributed by atoms with Crippen LogP contribution in [0.1, 0.15) is 5.69 Å². The Kier molecular flexibility index (Phi) is 2.94. The molecule has 94 valence electrons. The number of rotatable bonds is 3. The van der Waals surface area contributed by atoms with Crippen LogP contribution in [0.25, 0.3) is 5.52 Å². The number of hydrogen-bond donors (Lipinski definition) is 0. The van der Waals surface area contributed by atoms with Gasteiger partial charge in [-0.15, -0.1) is 0 Å². The highest BCUT2D eigenvalue weighted by molar-refractivity contribution is 5.81. The number of methoxy groups -OCH3 is 1. The molecule has 0 aliphatic carbocycles. The summed E-state index contributed by atoms with van der Waals surface area (Å²) in [6, 6.07) is 9.70. The summed E-state index contributed by atoms with van der Waals surface area (Å²) in [7, 11) is 1.60. The van der Waals surface area contributed by atoms with Crippen LogP contribution < -0.4 is 4.74 Å². The fourth-order valence-electron chi connectivity index (χ4n) is 1.75. The van der Waals surface area contributed by atoms with Crippen molar-refractivity contribution in [2.24, 2.45) is 4.99 Å². The van der Waals surface area contributed by atoms with Gasteiger partial charge in [-0.25, -0.2) is 4.52 Å². The largest absolute Gasteiger partial charge is 0.495 e. The van der Waals surface area contributed by atoms with Crippen molar-refractivity contribution in [3.63, 3.8) is 0 Å². The molecular formula is C14H12N4O. The third-order valence-corrected chi connectivity index (χ3v) is 2.67. The van der Waals surface area contributed by atoms with Gasteiger partial charge in [-0.2, -0.15) is 5.10 Å². The van der Waals surface area contributed by atoms with E-state index in [1.54, 1.807) is 25.7 Å². The van der Waals surface area contributed by atoms with Crippen LogP contribution in [-0.4, -0.2) is 27.9 Å². The van der Waals surface area contributed by atoms with Crippen molar-refractivity contribution in [1.82, 2.24) is 14.6 Å². The van der Waals surface area contributed by atoms with Crippen LogP contribution in [0.3, 0.4) is 0 Å². The molecule has 0 aliphatic rings. The Morgan fingerprint density at radius 3 is 3.05 bits per heavy atom. The van der Waals surface area contributed by atoms with Crippen molar-refractivity contribution in [3.05, 3.63) is 54.6 Å². The first-order valence-electron chi connectivity index (χ1n) is 5.83. The number of hydrogen-bond acceptors (Lipinski definition) is 4. The third-order valence-electron chi connectivity index (χ3n) is 2.67. The Hall–Kier alpha value is -2.69. The van der Waals surface area contributed by atoms with Gasteiger partial charge in [0.15, 0.2) is 0 Å². The fourth-order valence-corrected chi connectivity index (χ4v) is 1.75. The summed E-state index contributed by atoms with van der Waals surface area (Å²) < 4.78 is 6.91. The third kappa shape index (κ3) is 2.44. The van der Waals surface area contributed by atoms with Crippen LogP contribution in [0, 0.1) is 0 Å². The quantitative estimate of drug-likeness (QED) is 0.673. The first-order valence-corrected chi connectivity index (χ1v) is 5.83. The number of aromatic nitrogens is 3. The fraction of sp³-hybridized carbons (Fsp3) is 0.0714. The Morgan fingerprint density at radius 1 is 1.26 bits per heavy atom. The monoisotopic (exact) mass is 252 g/mol. The van der Waals surface area contributed by atoms with E-state index >= 15 is 0 Å². The summed E-state index contributed by atoms with van der Waals surface area (Å²) in [5, 5.41) is 4.39. The second-order valence-electron chi connectivity index (χ2n) is 3.98. The van der Waals surface area contributed by atoms with E-state index in [4.69, 9.17) is 4.74 Å². The van der Waals surface area contributed by atoms with Crippen molar-refractivity contribution in [3.8, 4) is 5.75 Å². The predicted molar refractivity (Wildman–Crippen MR) is 73.2 cm³/mol. The van der Waals surface area contributed by atoms with Crippen LogP contribution in [0.4, 0.5) is 5.69 Å². The van der Waals surface area contributed by atoms with Crippen molar-refractivity contribution < 1.29 is 4.74 Å². The van der Waals surface area contributed by atoms with E-state index in [-0.39, 0.29) is 0 Å². The molecule has 0 amide bonds. The SMILES string of the molecule is COc1cncc(/N=C/c2cc3ccccn3n2)c1. The smallest absolute Gasteiger partial charge is 0.139 e. The summed E-state index contributed by atoms with van der Waals surface area (Å²) in [6.07, 6.45) is 6.93. The molecule has 3 heterocycles. The molecule has 0 aliphatic heterocycles. The number of fused-ring (bicyclic) bond motifs is 1. The molecule has 3 aromatic rings. The standard InChI is InChI=1S/C14H12N4O/c1-19-14-7-11(8-15-10-14)16-9-12-6-13-4-2-3-5-18(13)17-12/h2-10H,1H3/b16-9+. The maximum Gasteiger partial charge on any atom is 0.139 e. The van der Waals surface area contributed by atoms with E-state index in [1.165, 1.54) is 0 Å². The molecule has 0 N–H and O–H groups in total. The van der Waals surface area contributed by atoms with Gasteiger partial charge in [0.2, 0.25) is 0 Å². The van der Waals surface area contributed by atoms with Crippen LogP contribution in [0.2, 0.25) is 0 Å². The minimum atomic E-state index is 0.685. The van der Waals surface area contributed by atoms with Crippen LogP contribution >= 0.6 is 0 Å². The molecule has 0 saturated carbocycles. The number of pyridine rings is 2. The Balaban J connectivity index is 1.88. The van der Waals surface area contributed by atoms with Crippen molar-refractivity contribution in [2.45, 2.75) is 0 Å². The lowest BCUT2D eigenvalue weighted by Crippen LogP contribution is -1.87. The number of aliphatic imine (C=N–C) groups is 1. The van der Waals surface area contributed by atoms with E-state index in [0.29, 0.717) is 5.75 Å². The first kappa shape index (κ1) is 11.4. The second kappa shape index (κ2) is 4.89. The van der Waals surface area contributed by atoms with Crippen LogP contribution in [0.15, 0.2) is 53.9 Å². The maximum atomic E-state index is 5.10. The highest BCUT2D eigenvalue weighted by Crippen LogP contribution is 2.17. The highest BCUT2D eigenvalue weighted by Gasteiger charge is 1.98. The van der Waals surface area contributed by atoms with Gasteiger partial charge in [-0.3, -0.25) is 9.98 Å². The molecule has 0 fully saturated rings. The van der Waals surface area contributed by atoms with Gasteiger partial charge in [0.1, 0.15) is 11.4 Å². The van der Waals surface area contributed by atoms with Crippen molar-refractivity contribution >= 4 is 17.4 Å². The normalized spacial score (nSPS) is 11.2. The van der Waals surface area contributed by atoms with E-state index in [9.17, 15) is 0 Å². The summed E-state index contributed by atoms with van der Waals surface area (Å²) in [5.41, 5.74) is 2.57. The molecule has 19 heavy (non-hydrogen) atoms. The van der Waals surface area contributed by atoms with Gasteiger partial charge >= 0.3 is 0 Å². The molecule has 0 aromatic carbocycles. The average Bonchev–Trinajstić information content (AvgIpc) is 2.88. The molecule has 3 rings (SSSR count). The molecule has 5 nitrogen and oxygen atoms in total. The van der Waals surface area contributed by atoms with Gasteiger partial charge in [0, 0.05) is 12.3 Å². The van der Waals surface area contributed by atoms with Crippen molar-refractivity contribution in [1.29, 1.82) is 0 Å². The minimum Gasteiger partial charge on any atom is -0.495 e. The molecule has 0 bridgehead atoms. The zero-order valence-electron chi connectivity index (χ0n) is 10.4. The van der Waals surface area contributed by atoms with Gasteiger partial charge in [0.25, 0.3) is 0 Å². The number of nitrogens with zero attached hydrogens (tertiary/aromatic N) is 4. The summed E-state index contributed by atoms with van der Waals surface area (Å²) >= 11 is 0. The van der Waals surface area contributed by atoms with Crippen LogP contribution in [0.5, 0.6) is 5.75 Å². The second-order valence-corrected chi connectivity index (χ2v) is 3.98.